The minimum Gasteiger partial charge on any atom is -0.334 e. The Bertz CT molecular complexity index is 413. The van der Waals surface area contributed by atoms with E-state index in [2.05, 4.69) is 0 Å². The van der Waals surface area contributed by atoms with Crippen molar-refractivity contribution in [2.45, 2.75) is 44.7 Å². The Hall–Kier alpha value is -1.42. The van der Waals surface area contributed by atoms with Crippen LogP contribution in [-0.2, 0) is 11.3 Å². The average molecular weight is 264 g/mol. The fourth-order valence-electron chi connectivity index (χ4n) is 2.72. The maximum absolute atomic E-state index is 12.9. The molecule has 1 aliphatic rings. The van der Waals surface area contributed by atoms with Gasteiger partial charge in [-0.15, -0.1) is 0 Å². The Balaban J connectivity index is 2.08. The van der Waals surface area contributed by atoms with E-state index in [0.29, 0.717) is 6.54 Å². The summed E-state index contributed by atoms with van der Waals surface area (Å²) < 4.78 is 12.9. The largest absolute Gasteiger partial charge is 0.334 e. The Morgan fingerprint density at radius 1 is 1.21 bits per heavy atom. The highest BCUT2D eigenvalue weighted by molar-refractivity contribution is 5.78. The molecule has 1 amide bonds. The van der Waals surface area contributed by atoms with Gasteiger partial charge in [-0.1, -0.05) is 31.4 Å². The van der Waals surface area contributed by atoms with E-state index in [0.717, 1.165) is 18.4 Å². The van der Waals surface area contributed by atoms with Crippen molar-refractivity contribution in [3.05, 3.63) is 35.6 Å². The van der Waals surface area contributed by atoms with Crippen LogP contribution in [0.5, 0.6) is 0 Å². The Labute approximate surface area is 113 Å². The molecule has 1 aromatic rings. The fraction of sp³-hybridized carbons (Fsp3) is 0.533. The Kier molecular flexibility index (Phi) is 4.91. The molecule has 1 aromatic carbocycles. The summed E-state index contributed by atoms with van der Waals surface area (Å²) in [6.45, 7) is 0.568. The number of benzene rings is 1. The first-order valence-corrected chi connectivity index (χ1v) is 6.94. The minimum absolute atomic E-state index is 0.0174. The van der Waals surface area contributed by atoms with E-state index in [-0.39, 0.29) is 24.3 Å². The molecular formula is C15H21FN2O. The highest BCUT2D eigenvalue weighted by Crippen LogP contribution is 2.24. The molecule has 0 radical (unpaired) electrons. The Morgan fingerprint density at radius 2 is 1.84 bits per heavy atom. The van der Waals surface area contributed by atoms with Crippen LogP contribution in [0.4, 0.5) is 4.39 Å². The highest BCUT2D eigenvalue weighted by atomic mass is 19.1. The van der Waals surface area contributed by atoms with E-state index in [9.17, 15) is 9.18 Å². The van der Waals surface area contributed by atoms with E-state index in [1.54, 1.807) is 12.1 Å². The summed E-state index contributed by atoms with van der Waals surface area (Å²) in [5, 5.41) is 0. The molecule has 0 atom stereocenters. The summed E-state index contributed by atoms with van der Waals surface area (Å²) in [5.41, 5.74) is 6.46. The second kappa shape index (κ2) is 6.66. The van der Waals surface area contributed by atoms with Crippen LogP contribution in [0.3, 0.4) is 0 Å². The van der Waals surface area contributed by atoms with Crippen LogP contribution in [0.1, 0.15) is 37.7 Å². The standard InChI is InChI=1S/C15H21FN2O/c16-13-8-6-12(7-9-13)11-18(15(19)10-17)14-4-2-1-3-5-14/h6-9,14H,1-5,10-11,17H2. The van der Waals surface area contributed by atoms with Gasteiger partial charge in [0.15, 0.2) is 0 Å². The quantitative estimate of drug-likeness (QED) is 0.908. The van der Waals surface area contributed by atoms with Crippen LogP contribution in [0.2, 0.25) is 0 Å². The lowest BCUT2D eigenvalue weighted by molar-refractivity contribution is -0.133. The van der Waals surface area contributed by atoms with E-state index >= 15 is 0 Å². The molecule has 1 saturated carbocycles. The van der Waals surface area contributed by atoms with E-state index in [1.807, 2.05) is 4.90 Å². The van der Waals surface area contributed by atoms with Gasteiger partial charge in [-0.3, -0.25) is 4.79 Å². The normalized spacial score (nSPS) is 16.3. The molecule has 0 aliphatic heterocycles. The summed E-state index contributed by atoms with van der Waals surface area (Å²) in [5.74, 6) is -0.269. The summed E-state index contributed by atoms with van der Waals surface area (Å²) >= 11 is 0. The molecule has 0 saturated heterocycles. The maximum Gasteiger partial charge on any atom is 0.236 e. The first-order chi connectivity index (χ1) is 9.20. The van der Waals surface area contributed by atoms with Crippen molar-refractivity contribution in [3.8, 4) is 0 Å². The maximum atomic E-state index is 12.9. The van der Waals surface area contributed by atoms with Gasteiger partial charge in [0, 0.05) is 12.6 Å². The van der Waals surface area contributed by atoms with Crippen LogP contribution in [-0.4, -0.2) is 23.4 Å². The zero-order valence-electron chi connectivity index (χ0n) is 11.1. The minimum atomic E-state index is -0.252. The van der Waals surface area contributed by atoms with Crippen LogP contribution >= 0.6 is 0 Å². The van der Waals surface area contributed by atoms with Crippen molar-refractivity contribution in [2.24, 2.45) is 5.73 Å². The van der Waals surface area contributed by atoms with Crippen molar-refractivity contribution in [3.63, 3.8) is 0 Å². The predicted molar refractivity (Wildman–Crippen MR) is 72.9 cm³/mol. The van der Waals surface area contributed by atoms with Crippen LogP contribution in [0.15, 0.2) is 24.3 Å². The van der Waals surface area contributed by atoms with Crippen molar-refractivity contribution in [1.82, 2.24) is 4.90 Å². The number of halogens is 1. The molecule has 2 N–H and O–H groups in total. The zero-order valence-corrected chi connectivity index (χ0v) is 11.1. The van der Waals surface area contributed by atoms with Gasteiger partial charge in [-0.25, -0.2) is 4.39 Å². The lowest BCUT2D eigenvalue weighted by atomic mass is 9.93. The zero-order chi connectivity index (χ0) is 13.7. The third kappa shape index (κ3) is 3.77. The van der Waals surface area contributed by atoms with Crippen molar-refractivity contribution in [1.29, 1.82) is 0 Å². The molecule has 0 heterocycles. The van der Waals surface area contributed by atoms with Crippen LogP contribution in [0, 0.1) is 5.82 Å². The van der Waals surface area contributed by atoms with Crippen molar-refractivity contribution in [2.75, 3.05) is 6.54 Å². The first-order valence-electron chi connectivity index (χ1n) is 6.94. The smallest absolute Gasteiger partial charge is 0.236 e. The molecule has 2 rings (SSSR count). The number of hydrogen-bond donors (Lipinski definition) is 1. The van der Waals surface area contributed by atoms with Crippen molar-refractivity contribution >= 4 is 5.91 Å². The average Bonchev–Trinajstić information content (AvgIpc) is 2.47. The Morgan fingerprint density at radius 3 is 2.42 bits per heavy atom. The fourth-order valence-corrected chi connectivity index (χ4v) is 2.72. The second-order valence-electron chi connectivity index (χ2n) is 5.14. The first kappa shape index (κ1) is 14.0. The third-order valence-electron chi connectivity index (χ3n) is 3.78. The molecule has 0 aromatic heterocycles. The van der Waals surface area contributed by atoms with Gasteiger partial charge >= 0.3 is 0 Å². The molecule has 19 heavy (non-hydrogen) atoms. The molecule has 0 spiro atoms. The van der Waals surface area contributed by atoms with Crippen LogP contribution in [0.25, 0.3) is 0 Å². The summed E-state index contributed by atoms with van der Waals surface area (Å²) in [6, 6.07) is 6.61. The van der Waals surface area contributed by atoms with Gasteiger partial charge in [-0.2, -0.15) is 0 Å². The summed E-state index contributed by atoms with van der Waals surface area (Å²) in [4.78, 5) is 13.9. The van der Waals surface area contributed by atoms with Gasteiger partial charge < -0.3 is 10.6 Å². The number of carbonyl (C=O) groups excluding carboxylic acids is 1. The lowest BCUT2D eigenvalue weighted by Gasteiger charge is -2.34. The molecule has 0 bridgehead atoms. The predicted octanol–water partition coefficient (Wildman–Crippen LogP) is 2.45. The summed E-state index contributed by atoms with van der Waals surface area (Å²) in [6.07, 6.45) is 5.68. The molecule has 1 aliphatic carbocycles. The topological polar surface area (TPSA) is 46.3 Å². The monoisotopic (exact) mass is 264 g/mol. The van der Waals surface area contributed by atoms with Gasteiger partial charge in [0.2, 0.25) is 5.91 Å². The van der Waals surface area contributed by atoms with Crippen molar-refractivity contribution < 1.29 is 9.18 Å². The molecular weight excluding hydrogens is 243 g/mol. The van der Waals surface area contributed by atoms with Crippen LogP contribution < -0.4 is 5.73 Å². The molecule has 3 nitrogen and oxygen atoms in total. The van der Waals surface area contributed by atoms with E-state index in [1.165, 1.54) is 31.4 Å². The number of amides is 1. The molecule has 0 unspecified atom stereocenters. The van der Waals surface area contributed by atoms with Gasteiger partial charge in [0.1, 0.15) is 5.82 Å². The number of carbonyl (C=O) groups is 1. The van der Waals surface area contributed by atoms with E-state index in [4.69, 9.17) is 5.73 Å². The number of nitrogens with zero attached hydrogens (tertiary/aromatic N) is 1. The van der Waals surface area contributed by atoms with Gasteiger partial charge in [0.05, 0.1) is 6.54 Å². The van der Waals surface area contributed by atoms with E-state index < -0.39 is 0 Å². The lowest BCUT2D eigenvalue weighted by Crippen LogP contribution is -2.43. The molecule has 4 heteroatoms. The number of rotatable bonds is 4. The third-order valence-corrected chi connectivity index (χ3v) is 3.78. The molecule has 1 fully saturated rings. The highest BCUT2D eigenvalue weighted by Gasteiger charge is 2.24. The van der Waals surface area contributed by atoms with Gasteiger partial charge in [0.25, 0.3) is 0 Å². The number of hydrogen-bond acceptors (Lipinski definition) is 2. The second-order valence-corrected chi connectivity index (χ2v) is 5.14. The number of nitrogens with two attached hydrogens (primary N) is 1. The summed E-state index contributed by atoms with van der Waals surface area (Å²) in [7, 11) is 0. The SMILES string of the molecule is NCC(=O)N(Cc1ccc(F)cc1)C1CCCCC1. The molecule has 104 valence electrons. The van der Waals surface area contributed by atoms with Gasteiger partial charge in [-0.05, 0) is 30.5 Å².